The first-order valence-electron chi connectivity index (χ1n) is 8.98. The predicted octanol–water partition coefficient (Wildman–Crippen LogP) is 4.29. The number of halogens is 2. The molecule has 1 aromatic rings. The molecule has 5 nitrogen and oxygen atoms in total. The lowest BCUT2D eigenvalue weighted by atomic mass is 10.1. The van der Waals surface area contributed by atoms with Crippen LogP contribution in [0.4, 0.5) is 4.79 Å². The molecule has 0 radical (unpaired) electrons. The van der Waals surface area contributed by atoms with Gasteiger partial charge in [0.05, 0.1) is 15.5 Å². The smallest absolute Gasteiger partial charge is 0.410 e. The first kappa shape index (κ1) is 20.3. The second-order valence-corrected chi connectivity index (χ2v) is 8.95. The number of amides is 1. The molecule has 0 spiro atoms. The van der Waals surface area contributed by atoms with Crippen LogP contribution in [0.5, 0.6) is 5.75 Å². The van der Waals surface area contributed by atoms with Gasteiger partial charge in [-0.25, -0.2) is 4.79 Å². The molecule has 2 aliphatic rings. The van der Waals surface area contributed by atoms with Gasteiger partial charge in [0, 0.05) is 37.3 Å². The van der Waals surface area contributed by atoms with E-state index in [0.717, 1.165) is 22.1 Å². The topological polar surface area (TPSA) is 42.0 Å². The van der Waals surface area contributed by atoms with E-state index in [0.29, 0.717) is 37.0 Å². The van der Waals surface area contributed by atoms with E-state index in [4.69, 9.17) is 21.1 Å². The average Bonchev–Trinajstić information content (AvgIpc) is 2.76. The zero-order valence-corrected chi connectivity index (χ0v) is 18.4. The molecule has 27 heavy (non-hydrogen) atoms. The maximum Gasteiger partial charge on any atom is 0.410 e. The third kappa shape index (κ3) is 4.53. The van der Waals surface area contributed by atoms with Crippen molar-refractivity contribution >= 4 is 33.6 Å². The number of nitrogens with zero attached hydrogens (tertiary/aromatic N) is 2. The van der Waals surface area contributed by atoms with Gasteiger partial charge in [0.1, 0.15) is 18.0 Å². The van der Waals surface area contributed by atoms with E-state index in [1.54, 1.807) is 11.8 Å². The third-order valence-electron chi connectivity index (χ3n) is 4.55. The maximum atomic E-state index is 12.4. The summed E-state index contributed by atoms with van der Waals surface area (Å²) in [5.41, 5.74) is 1.38. The molecule has 1 atom stereocenters. The van der Waals surface area contributed by atoms with E-state index in [9.17, 15) is 4.79 Å². The van der Waals surface area contributed by atoms with Crippen molar-refractivity contribution in [3.63, 3.8) is 0 Å². The van der Waals surface area contributed by atoms with Crippen LogP contribution >= 0.6 is 27.5 Å². The Hall–Kier alpha value is -1.42. The van der Waals surface area contributed by atoms with Crippen molar-refractivity contribution in [2.75, 3.05) is 26.2 Å². The summed E-state index contributed by atoms with van der Waals surface area (Å²) in [5.74, 6) is 6.69. The number of carbonyl (C=O) groups excluding carboxylic acids is 1. The van der Waals surface area contributed by atoms with E-state index in [-0.39, 0.29) is 12.1 Å². The van der Waals surface area contributed by atoms with Crippen LogP contribution in [0.25, 0.3) is 0 Å². The van der Waals surface area contributed by atoms with Crippen molar-refractivity contribution in [2.45, 2.75) is 45.9 Å². The van der Waals surface area contributed by atoms with E-state index < -0.39 is 5.60 Å². The molecule has 146 valence electrons. The largest absolute Gasteiger partial charge is 0.490 e. The van der Waals surface area contributed by atoms with Crippen LogP contribution in [0, 0.1) is 11.8 Å². The van der Waals surface area contributed by atoms with E-state index in [2.05, 4.69) is 32.7 Å². The molecule has 0 saturated carbocycles. The summed E-state index contributed by atoms with van der Waals surface area (Å²) in [6.07, 6.45) is -0.273. The quantitative estimate of drug-likeness (QED) is 0.547. The van der Waals surface area contributed by atoms with Gasteiger partial charge in [0.15, 0.2) is 0 Å². The molecule has 1 saturated heterocycles. The lowest BCUT2D eigenvalue weighted by molar-refractivity contribution is -0.00154. The Balaban J connectivity index is 1.79. The molecular weight excluding hydrogens is 432 g/mol. The van der Waals surface area contributed by atoms with Crippen LogP contribution in [0.1, 0.15) is 38.8 Å². The van der Waals surface area contributed by atoms with Crippen LogP contribution < -0.4 is 4.74 Å². The summed E-state index contributed by atoms with van der Waals surface area (Å²) in [6, 6.07) is 2.12. The van der Waals surface area contributed by atoms with E-state index in [1.165, 1.54) is 0 Å². The van der Waals surface area contributed by atoms with Gasteiger partial charge >= 0.3 is 6.09 Å². The molecule has 0 aromatic heterocycles. The van der Waals surface area contributed by atoms with Gasteiger partial charge in [-0.05, 0) is 49.7 Å². The highest BCUT2D eigenvalue weighted by molar-refractivity contribution is 9.10. The van der Waals surface area contributed by atoms with E-state index in [1.807, 2.05) is 26.8 Å². The Morgan fingerprint density at radius 1 is 1.41 bits per heavy atom. The zero-order chi connectivity index (χ0) is 19.8. The number of hydrogen-bond acceptors (Lipinski definition) is 4. The number of ether oxygens (including phenoxy) is 2. The van der Waals surface area contributed by atoms with Gasteiger partial charge < -0.3 is 14.4 Å². The number of rotatable bonds is 0. The van der Waals surface area contributed by atoms with Crippen LogP contribution in [0.2, 0.25) is 5.02 Å². The molecule has 0 N–H and O–H groups in total. The monoisotopic (exact) mass is 454 g/mol. The Labute approximate surface area is 174 Å². The van der Waals surface area contributed by atoms with Crippen molar-refractivity contribution in [3.05, 3.63) is 26.7 Å². The highest BCUT2D eigenvalue weighted by Crippen LogP contribution is 2.40. The zero-order valence-electron chi connectivity index (χ0n) is 16.1. The third-order valence-corrected chi connectivity index (χ3v) is 5.96. The number of carbonyl (C=O) groups is 1. The number of piperazine rings is 1. The molecule has 2 heterocycles. The van der Waals surface area contributed by atoms with Crippen LogP contribution in [-0.2, 0) is 11.3 Å². The van der Waals surface area contributed by atoms with Crippen molar-refractivity contribution in [2.24, 2.45) is 0 Å². The summed E-state index contributed by atoms with van der Waals surface area (Å²) in [6.45, 7) is 10.6. The van der Waals surface area contributed by atoms with Gasteiger partial charge in [-0.15, -0.1) is 5.92 Å². The van der Waals surface area contributed by atoms with Crippen LogP contribution in [0.3, 0.4) is 0 Å². The molecule has 7 heteroatoms. The van der Waals surface area contributed by atoms with Gasteiger partial charge in [-0.1, -0.05) is 17.5 Å². The Morgan fingerprint density at radius 3 is 2.81 bits per heavy atom. The summed E-state index contributed by atoms with van der Waals surface area (Å²) in [5, 5.41) is 0.550. The second kappa shape index (κ2) is 7.90. The highest BCUT2D eigenvalue weighted by Gasteiger charge is 2.35. The molecule has 1 aromatic carbocycles. The SMILES string of the molecule is CC#Cc1cc2c(c(Cl)c1Br)OC[C@H]1CN(C(=O)OC(C)(C)C)CCN1C2. The van der Waals surface area contributed by atoms with Crippen molar-refractivity contribution in [1.82, 2.24) is 9.80 Å². The average molecular weight is 456 g/mol. The maximum absolute atomic E-state index is 12.4. The van der Waals surface area contributed by atoms with Gasteiger partial charge in [-0.3, -0.25) is 4.90 Å². The van der Waals surface area contributed by atoms with Crippen molar-refractivity contribution < 1.29 is 14.3 Å². The molecular formula is C20H24BrClN2O3. The Kier molecular flexibility index (Phi) is 5.95. The summed E-state index contributed by atoms with van der Waals surface area (Å²) >= 11 is 10.1. The minimum absolute atomic E-state index is 0.0919. The first-order chi connectivity index (χ1) is 12.7. The fourth-order valence-corrected chi connectivity index (χ4v) is 3.98. The van der Waals surface area contributed by atoms with Crippen molar-refractivity contribution in [3.8, 4) is 17.6 Å². The fraction of sp³-hybridized carbons (Fsp3) is 0.550. The first-order valence-corrected chi connectivity index (χ1v) is 10.1. The highest BCUT2D eigenvalue weighted by atomic mass is 79.9. The summed E-state index contributed by atoms with van der Waals surface area (Å²) in [4.78, 5) is 16.5. The minimum atomic E-state index is -0.499. The number of fused-ring (bicyclic) bond motifs is 2. The number of hydrogen-bond donors (Lipinski definition) is 0. The molecule has 1 fully saturated rings. The molecule has 1 amide bonds. The second-order valence-electron chi connectivity index (χ2n) is 7.78. The molecule has 2 aliphatic heterocycles. The van der Waals surface area contributed by atoms with Crippen LogP contribution in [-0.4, -0.2) is 53.8 Å². The molecule has 0 unspecified atom stereocenters. The van der Waals surface area contributed by atoms with E-state index >= 15 is 0 Å². The molecule has 0 aliphatic carbocycles. The standard InChI is InChI=1S/C20H24BrClN2O3/c1-5-6-13-9-14-10-23-7-8-24(19(25)27-20(2,3)4)11-15(23)12-26-18(14)17(22)16(13)21/h9,15H,7-8,10-12H2,1-4H3/t15-/m1/s1. The van der Waals surface area contributed by atoms with Gasteiger partial charge in [0.2, 0.25) is 0 Å². The summed E-state index contributed by atoms with van der Waals surface area (Å²) < 4.78 is 12.3. The van der Waals surface area contributed by atoms with Crippen LogP contribution in [0.15, 0.2) is 10.5 Å². The molecule has 0 bridgehead atoms. The number of benzene rings is 1. The van der Waals surface area contributed by atoms with Gasteiger partial charge in [-0.2, -0.15) is 0 Å². The fourth-order valence-electron chi connectivity index (χ4n) is 3.31. The minimum Gasteiger partial charge on any atom is -0.490 e. The predicted molar refractivity (Wildman–Crippen MR) is 109 cm³/mol. The van der Waals surface area contributed by atoms with Crippen molar-refractivity contribution in [1.29, 1.82) is 0 Å². The molecule has 3 rings (SSSR count). The summed E-state index contributed by atoms with van der Waals surface area (Å²) in [7, 11) is 0. The normalized spacial score (nSPS) is 19.8. The lowest BCUT2D eigenvalue weighted by Gasteiger charge is -2.40. The van der Waals surface area contributed by atoms with Gasteiger partial charge in [0.25, 0.3) is 0 Å². The Bertz CT molecular complexity index is 810. The Morgan fingerprint density at radius 2 is 2.15 bits per heavy atom. The lowest BCUT2D eigenvalue weighted by Crippen LogP contribution is -2.56.